The van der Waals surface area contributed by atoms with E-state index >= 15 is 0 Å². The third kappa shape index (κ3) is 2.18. The van der Waals surface area contributed by atoms with E-state index in [-0.39, 0.29) is 11.3 Å². The summed E-state index contributed by atoms with van der Waals surface area (Å²) in [7, 11) is 0. The van der Waals surface area contributed by atoms with Gasteiger partial charge in [-0.25, -0.2) is 4.39 Å². The molecule has 0 radical (unpaired) electrons. The molecular weight excluding hydrogens is 259 g/mol. The van der Waals surface area contributed by atoms with E-state index in [0.717, 1.165) is 17.0 Å². The highest BCUT2D eigenvalue weighted by Gasteiger charge is 2.12. The van der Waals surface area contributed by atoms with Crippen LogP contribution in [0.1, 0.15) is 10.4 Å². The molecule has 0 aliphatic rings. The molecule has 100 valence electrons. The van der Waals surface area contributed by atoms with E-state index in [0.29, 0.717) is 5.69 Å². The molecule has 0 fully saturated rings. The number of fused-ring (bicyclic) bond motifs is 1. The van der Waals surface area contributed by atoms with Gasteiger partial charge in [0.2, 0.25) is 0 Å². The molecule has 0 aliphatic heterocycles. The third-order valence-corrected chi connectivity index (χ3v) is 2.94. The number of nitrogens with zero attached hydrogens (tertiary/aromatic N) is 1. The van der Waals surface area contributed by atoms with Crippen molar-refractivity contribution < 1.29 is 9.18 Å². The fourth-order valence-corrected chi connectivity index (χ4v) is 1.93. The van der Waals surface area contributed by atoms with Crippen molar-refractivity contribution in [2.24, 2.45) is 0 Å². The number of halogens is 1. The Morgan fingerprint density at radius 3 is 2.90 bits per heavy atom. The number of anilines is 2. The van der Waals surface area contributed by atoms with Gasteiger partial charge < -0.3 is 11.1 Å². The van der Waals surface area contributed by atoms with Crippen LogP contribution < -0.4 is 11.1 Å². The second-order valence-corrected chi connectivity index (χ2v) is 4.37. The Morgan fingerprint density at radius 1 is 1.25 bits per heavy atom. The maximum Gasteiger partial charge on any atom is 0.258 e. The van der Waals surface area contributed by atoms with Crippen LogP contribution in [0.15, 0.2) is 42.6 Å². The Kier molecular flexibility index (Phi) is 2.83. The van der Waals surface area contributed by atoms with E-state index in [1.165, 1.54) is 12.1 Å². The lowest BCUT2D eigenvalue weighted by Gasteiger charge is -2.06. The Labute approximate surface area is 113 Å². The van der Waals surface area contributed by atoms with Crippen molar-refractivity contribution in [2.75, 3.05) is 11.1 Å². The highest BCUT2D eigenvalue weighted by molar-refractivity contribution is 6.05. The largest absolute Gasteiger partial charge is 0.399 e. The predicted octanol–water partition coefficient (Wildman–Crippen LogP) is 2.54. The van der Waals surface area contributed by atoms with Crippen LogP contribution in [-0.4, -0.2) is 16.1 Å². The van der Waals surface area contributed by atoms with Gasteiger partial charge in [-0.05, 0) is 36.4 Å². The highest BCUT2D eigenvalue weighted by atomic mass is 19.1. The van der Waals surface area contributed by atoms with Gasteiger partial charge in [0.25, 0.3) is 5.91 Å². The number of nitrogen functional groups attached to an aromatic ring is 1. The number of nitrogens with two attached hydrogens (primary N) is 1. The molecule has 6 heteroatoms. The minimum atomic E-state index is -0.646. The maximum absolute atomic E-state index is 13.7. The summed E-state index contributed by atoms with van der Waals surface area (Å²) in [5, 5.41) is 10.2. The Morgan fingerprint density at radius 2 is 2.10 bits per heavy atom. The smallest absolute Gasteiger partial charge is 0.258 e. The molecule has 1 heterocycles. The number of nitrogens with one attached hydrogen (secondary N) is 2. The minimum Gasteiger partial charge on any atom is -0.399 e. The molecule has 3 rings (SSSR count). The van der Waals surface area contributed by atoms with Crippen molar-refractivity contribution in [2.45, 2.75) is 0 Å². The molecule has 1 aromatic heterocycles. The number of carbonyl (C=O) groups is 1. The first-order valence-electron chi connectivity index (χ1n) is 5.93. The number of rotatable bonds is 2. The minimum absolute atomic E-state index is 0.0495. The number of hydrogen-bond donors (Lipinski definition) is 3. The number of hydrogen-bond acceptors (Lipinski definition) is 3. The molecule has 4 N–H and O–H groups in total. The first-order valence-corrected chi connectivity index (χ1v) is 5.93. The van der Waals surface area contributed by atoms with Crippen molar-refractivity contribution in [3.05, 3.63) is 54.0 Å². The van der Waals surface area contributed by atoms with Gasteiger partial charge >= 0.3 is 0 Å². The molecule has 0 unspecified atom stereocenters. The van der Waals surface area contributed by atoms with Crippen LogP contribution >= 0.6 is 0 Å². The standard InChI is InChI=1S/C14H11FN4O/c15-12-6-9(16)1-3-11(12)14(20)18-10-2-4-13-8(5-10)7-17-19-13/h1-7H,16H2,(H,17,19)(H,18,20). The van der Waals surface area contributed by atoms with Crippen LogP contribution in [0.4, 0.5) is 15.8 Å². The van der Waals surface area contributed by atoms with Gasteiger partial charge in [-0.15, -0.1) is 0 Å². The molecule has 5 nitrogen and oxygen atoms in total. The van der Waals surface area contributed by atoms with Crippen LogP contribution in [0.25, 0.3) is 10.9 Å². The third-order valence-electron chi connectivity index (χ3n) is 2.94. The molecule has 2 aromatic carbocycles. The van der Waals surface area contributed by atoms with Gasteiger partial charge in [0, 0.05) is 16.8 Å². The lowest BCUT2D eigenvalue weighted by molar-refractivity contribution is 0.102. The zero-order valence-corrected chi connectivity index (χ0v) is 10.4. The SMILES string of the molecule is Nc1ccc(C(=O)Nc2ccc3[nH]ncc3c2)c(F)c1. The molecule has 3 aromatic rings. The monoisotopic (exact) mass is 270 g/mol. The van der Waals surface area contributed by atoms with E-state index < -0.39 is 11.7 Å². The normalized spacial score (nSPS) is 10.7. The lowest BCUT2D eigenvalue weighted by Crippen LogP contribution is -2.13. The first-order chi connectivity index (χ1) is 9.63. The van der Waals surface area contributed by atoms with E-state index in [4.69, 9.17) is 5.73 Å². The van der Waals surface area contributed by atoms with Crippen LogP contribution in [0.2, 0.25) is 0 Å². The Hall–Kier alpha value is -2.89. The van der Waals surface area contributed by atoms with Gasteiger partial charge in [0.05, 0.1) is 17.3 Å². The maximum atomic E-state index is 13.7. The highest BCUT2D eigenvalue weighted by Crippen LogP contribution is 2.18. The molecule has 0 atom stereocenters. The zero-order chi connectivity index (χ0) is 14.1. The molecule has 0 spiro atoms. The van der Waals surface area contributed by atoms with Crippen molar-refractivity contribution in [3.63, 3.8) is 0 Å². The summed E-state index contributed by atoms with van der Waals surface area (Å²) in [6.07, 6.45) is 1.65. The quantitative estimate of drug-likeness (QED) is 0.626. The first kappa shape index (κ1) is 12.2. The second kappa shape index (κ2) is 4.65. The molecule has 1 amide bonds. The van der Waals surface area contributed by atoms with Crippen LogP contribution in [0.3, 0.4) is 0 Å². The van der Waals surface area contributed by atoms with Gasteiger partial charge in [-0.1, -0.05) is 0 Å². The number of amides is 1. The number of carbonyl (C=O) groups excluding carboxylic acids is 1. The van der Waals surface area contributed by atoms with Gasteiger partial charge in [0.15, 0.2) is 0 Å². The predicted molar refractivity (Wildman–Crippen MR) is 74.9 cm³/mol. The number of H-pyrrole nitrogens is 1. The van der Waals surface area contributed by atoms with Crippen molar-refractivity contribution in [1.29, 1.82) is 0 Å². The average molecular weight is 270 g/mol. The summed E-state index contributed by atoms with van der Waals surface area (Å²) in [5.41, 5.74) is 7.11. The van der Waals surface area contributed by atoms with Crippen LogP contribution in [0.5, 0.6) is 0 Å². The molecule has 0 aliphatic carbocycles. The molecule has 20 heavy (non-hydrogen) atoms. The van der Waals surface area contributed by atoms with Gasteiger partial charge in [0.1, 0.15) is 5.82 Å². The second-order valence-electron chi connectivity index (χ2n) is 4.37. The fourth-order valence-electron chi connectivity index (χ4n) is 1.93. The molecular formula is C14H11FN4O. The van der Waals surface area contributed by atoms with E-state index in [1.54, 1.807) is 24.4 Å². The Bertz CT molecular complexity index is 797. The summed E-state index contributed by atoms with van der Waals surface area (Å²) in [6.45, 7) is 0. The topological polar surface area (TPSA) is 83.8 Å². The average Bonchev–Trinajstić information content (AvgIpc) is 2.85. The van der Waals surface area contributed by atoms with Crippen molar-refractivity contribution in [3.8, 4) is 0 Å². The molecule has 0 saturated heterocycles. The summed E-state index contributed by atoms with van der Waals surface area (Å²) < 4.78 is 13.7. The molecule has 0 saturated carbocycles. The van der Waals surface area contributed by atoms with E-state index in [2.05, 4.69) is 15.5 Å². The van der Waals surface area contributed by atoms with Gasteiger partial charge in [-0.3, -0.25) is 9.89 Å². The molecule has 0 bridgehead atoms. The summed E-state index contributed by atoms with van der Waals surface area (Å²) >= 11 is 0. The van der Waals surface area contributed by atoms with E-state index in [1.807, 2.05) is 0 Å². The van der Waals surface area contributed by atoms with Gasteiger partial charge in [-0.2, -0.15) is 5.10 Å². The zero-order valence-electron chi connectivity index (χ0n) is 10.4. The summed E-state index contributed by atoms with van der Waals surface area (Å²) in [4.78, 5) is 12.0. The summed E-state index contributed by atoms with van der Waals surface area (Å²) in [5.74, 6) is -1.17. The van der Waals surface area contributed by atoms with E-state index in [9.17, 15) is 9.18 Å². The van der Waals surface area contributed by atoms with Crippen LogP contribution in [-0.2, 0) is 0 Å². The Balaban J connectivity index is 1.87. The number of aromatic nitrogens is 2. The summed E-state index contributed by atoms with van der Waals surface area (Å²) in [6, 6.07) is 9.22. The fraction of sp³-hybridized carbons (Fsp3) is 0. The van der Waals surface area contributed by atoms with Crippen LogP contribution in [0, 0.1) is 5.82 Å². The van der Waals surface area contributed by atoms with Crippen molar-refractivity contribution in [1.82, 2.24) is 10.2 Å². The lowest BCUT2D eigenvalue weighted by atomic mass is 10.1. The number of benzene rings is 2. The van der Waals surface area contributed by atoms with Crippen molar-refractivity contribution >= 4 is 28.2 Å². The number of aromatic amines is 1.